The number of hydrogen-bond donors (Lipinski definition) is 1. The van der Waals surface area contributed by atoms with Crippen molar-refractivity contribution in [2.75, 3.05) is 11.9 Å². The van der Waals surface area contributed by atoms with Crippen LogP contribution in [0, 0.1) is 12.7 Å². The molecule has 0 aliphatic rings. The molecule has 20 heavy (non-hydrogen) atoms. The van der Waals surface area contributed by atoms with E-state index in [0.29, 0.717) is 18.1 Å². The van der Waals surface area contributed by atoms with Crippen LogP contribution in [0.1, 0.15) is 25.2 Å². The molecule has 1 aromatic carbocycles. The molecule has 5 heteroatoms. The van der Waals surface area contributed by atoms with Crippen molar-refractivity contribution in [2.45, 2.75) is 27.2 Å². The maximum Gasteiger partial charge on any atom is 0.227 e. The lowest BCUT2D eigenvalue weighted by Gasteiger charge is -2.13. The van der Waals surface area contributed by atoms with E-state index in [-0.39, 0.29) is 5.75 Å². The van der Waals surface area contributed by atoms with E-state index in [9.17, 15) is 4.39 Å². The zero-order valence-electron chi connectivity index (χ0n) is 11.9. The number of nitrogens with zero attached hydrogens (tertiary/aromatic N) is 2. The Labute approximate surface area is 118 Å². The SMILES string of the molecule is CCNc1nc(CC)nc(Oc2ccccc2F)c1C. The van der Waals surface area contributed by atoms with E-state index >= 15 is 0 Å². The van der Waals surface area contributed by atoms with Crippen LogP contribution < -0.4 is 10.1 Å². The third kappa shape index (κ3) is 3.04. The minimum absolute atomic E-state index is 0.166. The molecule has 0 aliphatic heterocycles. The molecule has 0 atom stereocenters. The lowest BCUT2D eigenvalue weighted by atomic mass is 10.3. The Morgan fingerprint density at radius 1 is 1.20 bits per heavy atom. The smallest absolute Gasteiger partial charge is 0.227 e. The van der Waals surface area contributed by atoms with Gasteiger partial charge in [-0.2, -0.15) is 4.98 Å². The summed E-state index contributed by atoms with van der Waals surface area (Å²) in [5.74, 6) is 1.54. The quantitative estimate of drug-likeness (QED) is 0.903. The monoisotopic (exact) mass is 275 g/mol. The maximum atomic E-state index is 13.7. The molecule has 0 spiro atoms. The Bertz CT molecular complexity index is 602. The van der Waals surface area contributed by atoms with Crippen molar-refractivity contribution in [2.24, 2.45) is 0 Å². The molecule has 0 radical (unpaired) electrons. The van der Waals surface area contributed by atoms with Gasteiger partial charge in [-0.25, -0.2) is 9.37 Å². The first-order valence-electron chi connectivity index (χ1n) is 6.69. The van der Waals surface area contributed by atoms with Gasteiger partial charge in [0.2, 0.25) is 5.88 Å². The summed E-state index contributed by atoms with van der Waals surface area (Å²) in [5.41, 5.74) is 0.771. The standard InChI is InChI=1S/C15H18FN3O/c1-4-13-18-14(17-5-2)10(3)15(19-13)20-12-9-7-6-8-11(12)16/h6-9H,4-5H2,1-3H3,(H,17,18,19). The van der Waals surface area contributed by atoms with Crippen LogP contribution in [0.25, 0.3) is 0 Å². The highest BCUT2D eigenvalue weighted by molar-refractivity contribution is 5.49. The Kier molecular flexibility index (Phi) is 4.50. The number of rotatable bonds is 5. The van der Waals surface area contributed by atoms with Crippen molar-refractivity contribution in [3.63, 3.8) is 0 Å². The van der Waals surface area contributed by atoms with Gasteiger partial charge < -0.3 is 10.1 Å². The van der Waals surface area contributed by atoms with Crippen LogP contribution in [0.15, 0.2) is 24.3 Å². The van der Waals surface area contributed by atoms with Gasteiger partial charge in [-0.05, 0) is 26.0 Å². The van der Waals surface area contributed by atoms with E-state index in [1.807, 2.05) is 20.8 Å². The Morgan fingerprint density at radius 2 is 1.95 bits per heavy atom. The van der Waals surface area contributed by atoms with Gasteiger partial charge in [-0.1, -0.05) is 19.1 Å². The zero-order valence-corrected chi connectivity index (χ0v) is 11.9. The van der Waals surface area contributed by atoms with E-state index in [2.05, 4.69) is 15.3 Å². The van der Waals surface area contributed by atoms with Gasteiger partial charge in [0, 0.05) is 13.0 Å². The number of ether oxygens (including phenoxy) is 1. The average Bonchev–Trinajstić information content (AvgIpc) is 2.45. The number of hydrogen-bond acceptors (Lipinski definition) is 4. The minimum atomic E-state index is -0.409. The van der Waals surface area contributed by atoms with Gasteiger partial charge in [0.15, 0.2) is 11.6 Å². The van der Waals surface area contributed by atoms with Crippen LogP contribution in [0.4, 0.5) is 10.2 Å². The molecule has 0 amide bonds. The average molecular weight is 275 g/mol. The van der Waals surface area contributed by atoms with Crippen LogP contribution in [0.2, 0.25) is 0 Å². The molecule has 0 saturated carbocycles. The summed E-state index contributed by atoms with van der Waals surface area (Å²) in [6, 6.07) is 6.28. The fraction of sp³-hybridized carbons (Fsp3) is 0.333. The van der Waals surface area contributed by atoms with E-state index in [1.165, 1.54) is 6.07 Å². The minimum Gasteiger partial charge on any atom is -0.435 e. The molecule has 2 aromatic rings. The van der Waals surface area contributed by atoms with Gasteiger partial charge in [0.05, 0.1) is 5.56 Å². The van der Waals surface area contributed by atoms with Gasteiger partial charge in [-0.3, -0.25) is 0 Å². The van der Waals surface area contributed by atoms with Crippen molar-refractivity contribution in [1.29, 1.82) is 0 Å². The molecule has 1 N–H and O–H groups in total. The molecule has 0 saturated heterocycles. The van der Waals surface area contributed by atoms with Crippen LogP contribution in [0.3, 0.4) is 0 Å². The predicted octanol–water partition coefficient (Wildman–Crippen LogP) is 3.71. The Morgan fingerprint density at radius 3 is 2.60 bits per heavy atom. The highest BCUT2D eigenvalue weighted by atomic mass is 19.1. The first kappa shape index (κ1) is 14.2. The molecule has 1 aromatic heterocycles. The Balaban J connectivity index is 2.40. The lowest BCUT2D eigenvalue weighted by molar-refractivity contribution is 0.422. The van der Waals surface area contributed by atoms with Crippen molar-refractivity contribution in [3.05, 3.63) is 41.5 Å². The molecule has 106 valence electrons. The third-order valence-corrected chi connectivity index (χ3v) is 2.85. The normalized spacial score (nSPS) is 10.4. The van der Waals surface area contributed by atoms with Crippen molar-refractivity contribution < 1.29 is 9.13 Å². The second-order valence-electron chi connectivity index (χ2n) is 4.33. The maximum absolute atomic E-state index is 13.7. The second-order valence-corrected chi connectivity index (χ2v) is 4.33. The molecular weight excluding hydrogens is 257 g/mol. The van der Waals surface area contributed by atoms with Crippen LogP contribution in [0.5, 0.6) is 11.6 Å². The fourth-order valence-corrected chi connectivity index (χ4v) is 1.77. The first-order chi connectivity index (χ1) is 9.65. The second kappa shape index (κ2) is 6.32. The molecule has 0 unspecified atom stereocenters. The largest absolute Gasteiger partial charge is 0.435 e. The summed E-state index contributed by atoms with van der Waals surface area (Å²) in [5, 5.41) is 3.17. The summed E-state index contributed by atoms with van der Waals surface area (Å²) in [4.78, 5) is 8.74. The van der Waals surface area contributed by atoms with Gasteiger partial charge in [0.1, 0.15) is 11.6 Å². The highest BCUT2D eigenvalue weighted by Crippen LogP contribution is 2.28. The molecule has 4 nitrogen and oxygen atoms in total. The van der Waals surface area contributed by atoms with Crippen LogP contribution in [-0.2, 0) is 6.42 Å². The number of nitrogens with one attached hydrogen (secondary N) is 1. The van der Waals surface area contributed by atoms with Crippen LogP contribution in [-0.4, -0.2) is 16.5 Å². The molecule has 0 aliphatic carbocycles. The number of para-hydroxylation sites is 1. The van der Waals surface area contributed by atoms with E-state index < -0.39 is 5.82 Å². The summed E-state index contributed by atoms with van der Waals surface area (Å²) in [6.45, 7) is 6.56. The van der Waals surface area contributed by atoms with E-state index in [4.69, 9.17) is 4.74 Å². The number of aryl methyl sites for hydroxylation is 1. The number of halogens is 1. The number of benzene rings is 1. The molecule has 1 heterocycles. The van der Waals surface area contributed by atoms with Crippen molar-refractivity contribution in [3.8, 4) is 11.6 Å². The summed E-state index contributed by atoms with van der Waals surface area (Å²) in [7, 11) is 0. The van der Waals surface area contributed by atoms with Crippen molar-refractivity contribution in [1.82, 2.24) is 9.97 Å². The number of aromatic nitrogens is 2. The summed E-state index contributed by atoms with van der Waals surface area (Å²) < 4.78 is 19.3. The Hall–Kier alpha value is -2.17. The van der Waals surface area contributed by atoms with Gasteiger partial charge >= 0.3 is 0 Å². The zero-order chi connectivity index (χ0) is 14.5. The van der Waals surface area contributed by atoms with Crippen LogP contribution >= 0.6 is 0 Å². The summed E-state index contributed by atoms with van der Waals surface area (Å²) in [6.07, 6.45) is 0.687. The highest BCUT2D eigenvalue weighted by Gasteiger charge is 2.13. The molecule has 2 rings (SSSR count). The fourth-order valence-electron chi connectivity index (χ4n) is 1.77. The van der Waals surface area contributed by atoms with E-state index in [0.717, 1.165) is 17.9 Å². The van der Waals surface area contributed by atoms with Gasteiger partial charge in [0.25, 0.3) is 0 Å². The lowest BCUT2D eigenvalue weighted by Crippen LogP contribution is -2.07. The topological polar surface area (TPSA) is 47.0 Å². The molecule has 0 fully saturated rings. The summed E-state index contributed by atoms with van der Waals surface area (Å²) >= 11 is 0. The first-order valence-corrected chi connectivity index (χ1v) is 6.69. The third-order valence-electron chi connectivity index (χ3n) is 2.85. The van der Waals surface area contributed by atoms with E-state index in [1.54, 1.807) is 18.2 Å². The molecular formula is C15H18FN3O. The van der Waals surface area contributed by atoms with Gasteiger partial charge in [-0.15, -0.1) is 0 Å². The number of anilines is 1. The van der Waals surface area contributed by atoms with Crippen molar-refractivity contribution >= 4 is 5.82 Å². The molecule has 0 bridgehead atoms. The predicted molar refractivity (Wildman–Crippen MR) is 76.8 cm³/mol.